The number of nitrogens with zero attached hydrogens (tertiary/aromatic N) is 2. The fourth-order valence-corrected chi connectivity index (χ4v) is 3.52. The third kappa shape index (κ3) is 2.40. The van der Waals surface area contributed by atoms with Gasteiger partial charge in [-0.1, -0.05) is 12.1 Å². The average Bonchev–Trinajstić information content (AvgIpc) is 2.91. The van der Waals surface area contributed by atoms with E-state index in [4.69, 9.17) is 14.5 Å². The van der Waals surface area contributed by atoms with Gasteiger partial charge >= 0.3 is 0 Å². The van der Waals surface area contributed by atoms with Gasteiger partial charge in [0, 0.05) is 13.2 Å². The van der Waals surface area contributed by atoms with Gasteiger partial charge in [-0.15, -0.1) is 0 Å². The summed E-state index contributed by atoms with van der Waals surface area (Å²) in [5, 5.41) is 0. The number of aromatic nitrogens is 2. The van der Waals surface area contributed by atoms with E-state index in [-0.39, 0.29) is 11.7 Å². The van der Waals surface area contributed by atoms with Crippen molar-refractivity contribution in [2.45, 2.75) is 31.5 Å². The molecule has 0 bridgehead atoms. The van der Waals surface area contributed by atoms with Crippen LogP contribution in [0.1, 0.15) is 19.8 Å². The van der Waals surface area contributed by atoms with Crippen LogP contribution in [0, 0.1) is 0 Å². The number of imidazole rings is 1. The van der Waals surface area contributed by atoms with E-state index in [1.807, 2.05) is 18.2 Å². The van der Waals surface area contributed by atoms with Crippen LogP contribution in [0.2, 0.25) is 0 Å². The Labute approximate surface area is 124 Å². The molecule has 2 saturated heterocycles. The standard InChI is InChI=1S/C16H21N3O2/c1-12-9-19(10-16(21-12)7-4-8-20-11-16)15-17-13-5-2-3-6-14(13)18-15/h2-3,5-6,12H,4,7-11H2,1H3,(H,17,18)/t12-,16+/m0/s1. The van der Waals surface area contributed by atoms with Crippen molar-refractivity contribution in [2.75, 3.05) is 31.2 Å². The molecule has 0 unspecified atom stereocenters. The Bertz CT molecular complexity index is 600. The van der Waals surface area contributed by atoms with Gasteiger partial charge < -0.3 is 19.4 Å². The van der Waals surface area contributed by atoms with Crippen LogP contribution in [0.4, 0.5) is 5.95 Å². The van der Waals surface area contributed by atoms with E-state index < -0.39 is 0 Å². The van der Waals surface area contributed by atoms with Gasteiger partial charge in [-0.25, -0.2) is 4.98 Å². The number of benzene rings is 1. The minimum Gasteiger partial charge on any atom is -0.378 e. The molecule has 2 atom stereocenters. The first-order valence-corrected chi connectivity index (χ1v) is 7.69. The molecule has 21 heavy (non-hydrogen) atoms. The predicted octanol–water partition coefficient (Wildman–Crippen LogP) is 2.34. The molecule has 1 N–H and O–H groups in total. The Morgan fingerprint density at radius 1 is 1.38 bits per heavy atom. The van der Waals surface area contributed by atoms with E-state index >= 15 is 0 Å². The molecule has 2 aliphatic heterocycles. The number of morpholine rings is 1. The van der Waals surface area contributed by atoms with Crippen molar-refractivity contribution in [2.24, 2.45) is 0 Å². The summed E-state index contributed by atoms with van der Waals surface area (Å²) in [6, 6.07) is 8.15. The monoisotopic (exact) mass is 287 g/mol. The average molecular weight is 287 g/mol. The summed E-state index contributed by atoms with van der Waals surface area (Å²) in [5.74, 6) is 0.941. The summed E-state index contributed by atoms with van der Waals surface area (Å²) in [6.07, 6.45) is 2.32. The molecule has 2 fully saturated rings. The Hall–Kier alpha value is -1.59. The number of hydrogen-bond acceptors (Lipinski definition) is 4. The SMILES string of the molecule is C[C@H]1CN(c2nc3ccccc3[nH]2)C[C@@]2(CCCOC2)O1. The van der Waals surface area contributed by atoms with Crippen LogP contribution in [-0.2, 0) is 9.47 Å². The molecular weight excluding hydrogens is 266 g/mol. The second-order valence-corrected chi connectivity index (χ2v) is 6.23. The molecule has 1 spiro atoms. The predicted molar refractivity (Wildman–Crippen MR) is 81.6 cm³/mol. The highest BCUT2D eigenvalue weighted by molar-refractivity contribution is 5.77. The zero-order chi connectivity index (χ0) is 14.3. The molecule has 3 heterocycles. The normalized spacial score (nSPS) is 30.1. The summed E-state index contributed by atoms with van der Waals surface area (Å²) < 4.78 is 11.9. The first-order chi connectivity index (χ1) is 10.2. The van der Waals surface area contributed by atoms with Crippen LogP contribution in [0.3, 0.4) is 0 Å². The summed E-state index contributed by atoms with van der Waals surface area (Å²) in [5.41, 5.74) is 1.93. The van der Waals surface area contributed by atoms with Crippen LogP contribution in [-0.4, -0.2) is 48.0 Å². The number of aromatic amines is 1. The molecule has 4 rings (SSSR count). The third-order valence-electron chi connectivity index (χ3n) is 4.37. The number of para-hydroxylation sites is 2. The number of anilines is 1. The smallest absolute Gasteiger partial charge is 0.204 e. The minimum absolute atomic E-state index is 0.172. The van der Waals surface area contributed by atoms with Gasteiger partial charge in [0.25, 0.3) is 0 Å². The number of hydrogen-bond donors (Lipinski definition) is 1. The fraction of sp³-hybridized carbons (Fsp3) is 0.562. The zero-order valence-electron chi connectivity index (χ0n) is 12.3. The molecule has 5 nitrogen and oxygen atoms in total. The maximum atomic E-state index is 6.23. The van der Waals surface area contributed by atoms with Gasteiger partial charge in [-0.3, -0.25) is 0 Å². The van der Waals surface area contributed by atoms with Gasteiger partial charge in [0.05, 0.1) is 30.3 Å². The highest BCUT2D eigenvalue weighted by atomic mass is 16.6. The first-order valence-electron chi connectivity index (χ1n) is 7.69. The first kappa shape index (κ1) is 13.1. The van der Waals surface area contributed by atoms with Gasteiger partial charge in [-0.05, 0) is 31.9 Å². The lowest BCUT2D eigenvalue weighted by atomic mass is 9.93. The quantitative estimate of drug-likeness (QED) is 0.874. The van der Waals surface area contributed by atoms with Gasteiger partial charge in [0.1, 0.15) is 5.60 Å². The summed E-state index contributed by atoms with van der Waals surface area (Å²) in [6.45, 7) is 5.38. The Balaban J connectivity index is 1.64. The molecule has 112 valence electrons. The van der Waals surface area contributed by atoms with Gasteiger partial charge in [-0.2, -0.15) is 0 Å². The van der Waals surface area contributed by atoms with Crippen LogP contribution in [0.25, 0.3) is 11.0 Å². The third-order valence-corrected chi connectivity index (χ3v) is 4.37. The van der Waals surface area contributed by atoms with Crippen LogP contribution < -0.4 is 4.90 Å². The van der Waals surface area contributed by atoms with E-state index in [2.05, 4.69) is 22.9 Å². The van der Waals surface area contributed by atoms with Gasteiger partial charge in [0.15, 0.2) is 0 Å². The van der Waals surface area contributed by atoms with Crippen LogP contribution in [0.5, 0.6) is 0 Å². The van der Waals surface area contributed by atoms with E-state index in [9.17, 15) is 0 Å². The maximum Gasteiger partial charge on any atom is 0.204 e. The highest BCUT2D eigenvalue weighted by Crippen LogP contribution is 2.32. The van der Waals surface area contributed by atoms with Crippen molar-refractivity contribution in [3.63, 3.8) is 0 Å². The van der Waals surface area contributed by atoms with Crippen molar-refractivity contribution in [1.29, 1.82) is 0 Å². The topological polar surface area (TPSA) is 50.4 Å². The van der Waals surface area contributed by atoms with E-state index in [0.717, 1.165) is 49.5 Å². The van der Waals surface area contributed by atoms with Crippen molar-refractivity contribution in [3.05, 3.63) is 24.3 Å². The van der Waals surface area contributed by atoms with Crippen molar-refractivity contribution in [1.82, 2.24) is 9.97 Å². The largest absolute Gasteiger partial charge is 0.378 e. The minimum atomic E-state index is -0.172. The molecule has 5 heteroatoms. The molecule has 2 aromatic rings. The van der Waals surface area contributed by atoms with E-state index in [1.54, 1.807) is 0 Å². The molecular formula is C16H21N3O2. The molecule has 0 amide bonds. The number of ether oxygens (including phenoxy) is 2. The molecule has 0 aliphatic carbocycles. The van der Waals surface area contributed by atoms with Crippen molar-refractivity contribution < 1.29 is 9.47 Å². The lowest BCUT2D eigenvalue weighted by molar-refractivity contribution is -0.160. The van der Waals surface area contributed by atoms with E-state index in [0.29, 0.717) is 6.61 Å². The lowest BCUT2D eigenvalue weighted by Gasteiger charge is -2.47. The Morgan fingerprint density at radius 2 is 2.29 bits per heavy atom. The lowest BCUT2D eigenvalue weighted by Crippen LogP contribution is -2.59. The summed E-state index contributed by atoms with van der Waals surface area (Å²) >= 11 is 0. The maximum absolute atomic E-state index is 6.23. The van der Waals surface area contributed by atoms with Crippen molar-refractivity contribution in [3.8, 4) is 0 Å². The highest BCUT2D eigenvalue weighted by Gasteiger charge is 2.41. The molecule has 0 saturated carbocycles. The molecule has 0 radical (unpaired) electrons. The molecule has 2 aliphatic rings. The van der Waals surface area contributed by atoms with Crippen molar-refractivity contribution >= 4 is 17.0 Å². The fourth-order valence-electron chi connectivity index (χ4n) is 3.52. The summed E-state index contributed by atoms with van der Waals surface area (Å²) in [7, 11) is 0. The number of H-pyrrole nitrogens is 1. The van der Waals surface area contributed by atoms with Crippen LogP contribution >= 0.6 is 0 Å². The number of fused-ring (bicyclic) bond motifs is 1. The Kier molecular flexibility index (Phi) is 3.12. The second-order valence-electron chi connectivity index (χ2n) is 6.23. The van der Waals surface area contributed by atoms with Gasteiger partial charge in [0.2, 0.25) is 5.95 Å². The van der Waals surface area contributed by atoms with E-state index in [1.165, 1.54) is 0 Å². The Morgan fingerprint density at radius 3 is 3.10 bits per heavy atom. The molecule has 1 aromatic carbocycles. The second kappa shape index (κ2) is 5.00. The molecule has 1 aromatic heterocycles. The zero-order valence-corrected chi connectivity index (χ0v) is 12.3. The number of nitrogens with one attached hydrogen (secondary N) is 1. The van der Waals surface area contributed by atoms with Crippen LogP contribution in [0.15, 0.2) is 24.3 Å². The number of rotatable bonds is 1. The summed E-state index contributed by atoms with van der Waals surface area (Å²) in [4.78, 5) is 10.5.